The minimum absolute atomic E-state index is 0.215. The number of esters is 1. The first-order chi connectivity index (χ1) is 9.54. The molecule has 1 saturated carbocycles. The van der Waals surface area contributed by atoms with Crippen LogP contribution < -0.4 is 4.90 Å². The van der Waals surface area contributed by atoms with Gasteiger partial charge in [-0.15, -0.1) is 0 Å². The van der Waals surface area contributed by atoms with Gasteiger partial charge in [0, 0.05) is 13.1 Å². The van der Waals surface area contributed by atoms with E-state index in [0.717, 1.165) is 19.3 Å². The smallest absolute Gasteiger partial charge is 0.338 e. The summed E-state index contributed by atoms with van der Waals surface area (Å²) >= 11 is 0. The largest absolute Gasteiger partial charge is 0.478 e. The Hall–Kier alpha value is -2.04. The summed E-state index contributed by atoms with van der Waals surface area (Å²) in [7, 11) is 1.88. The summed E-state index contributed by atoms with van der Waals surface area (Å²) in [6.45, 7) is 2.04. The van der Waals surface area contributed by atoms with Gasteiger partial charge in [-0.1, -0.05) is 0 Å². The van der Waals surface area contributed by atoms with Gasteiger partial charge in [-0.05, 0) is 44.4 Å². The molecule has 0 bridgehead atoms. The predicted molar refractivity (Wildman–Crippen MR) is 75.4 cm³/mol. The number of rotatable bonds is 5. The third-order valence-electron chi connectivity index (χ3n) is 3.74. The van der Waals surface area contributed by atoms with E-state index in [4.69, 9.17) is 4.74 Å². The van der Waals surface area contributed by atoms with E-state index in [1.165, 1.54) is 12.1 Å². The van der Waals surface area contributed by atoms with E-state index in [-0.39, 0.29) is 5.56 Å². The molecule has 5 heteroatoms. The zero-order chi connectivity index (χ0) is 14.7. The van der Waals surface area contributed by atoms with Gasteiger partial charge in [-0.2, -0.15) is 0 Å². The molecule has 0 aliphatic heterocycles. The van der Waals surface area contributed by atoms with E-state index in [2.05, 4.69) is 0 Å². The summed E-state index contributed by atoms with van der Waals surface area (Å²) in [4.78, 5) is 25.0. The maximum absolute atomic E-state index is 11.8. The van der Waals surface area contributed by atoms with Gasteiger partial charge in [0.2, 0.25) is 0 Å². The number of nitrogens with zero attached hydrogens (tertiary/aromatic N) is 1. The number of carbonyl (C=O) groups is 2. The maximum Gasteiger partial charge on any atom is 0.338 e. The van der Waals surface area contributed by atoms with Crippen molar-refractivity contribution in [2.45, 2.75) is 32.2 Å². The number of ether oxygens (including phenoxy) is 1. The van der Waals surface area contributed by atoms with Crippen molar-refractivity contribution >= 4 is 17.6 Å². The quantitative estimate of drug-likeness (QED) is 0.838. The summed E-state index contributed by atoms with van der Waals surface area (Å²) in [6, 6.07) is 4.93. The van der Waals surface area contributed by atoms with Crippen LogP contribution in [0.3, 0.4) is 0 Å². The molecule has 20 heavy (non-hydrogen) atoms. The van der Waals surface area contributed by atoms with Gasteiger partial charge in [-0.25, -0.2) is 9.59 Å². The second kappa shape index (κ2) is 5.94. The molecule has 108 valence electrons. The zero-order valence-corrected chi connectivity index (χ0v) is 11.8. The molecule has 2 rings (SSSR count). The molecule has 1 fully saturated rings. The fraction of sp³-hybridized carbons (Fsp3) is 0.467. The summed E-state index contributed by atoms with van der Waals surface area (Å²) in [6.07, 6.45) is 3.27. The number of aromatic carboxylic acids is 1. The van der Waals surface area contributed by atoms with Crippen molar-refractivity contribution in [3.8, 4) is 0 Å². The molecule has 0 radical (unpaired) electrons. The lowest BCUT2D eigenvalue weighted by Crippen LogP contribution is -2.38. The molecular formula is C15H19NO4. The number of carboxylic acids is 1. The van der Waals surface area contributed by atoms with Crippen molar-refractivity contribution in [2.24, 2.45) is 0 Å². The average molecular weight is 277 g/mol. The zero-order valence-electron chi connectivity index (χ0n) is 11.8. The number of carbonyl (C=O) groups excluding carboxylic acids is 1. The van der Waals surface area contributed by atoms with Crippen LogP contribution in [0, 0.1) is 0 Å². The summed E-state index contributed by atoms with van der Waals surface area (Å²) in [5, 5.41) is 9.28. The topological polar surface area (TPSA) is 66.8 Å². The SMILES string of the molecule is CCOC(=O)c1ccc(C(=O)O)c(N(C)C2CCC2)c1. The molecule has 0 saturated heterocycles. The van der Waals surface area contributed by atoms with Gasteiger partial charge in [0.15, 0.2) is 0 Å². The predicted octanol–water partition coefficient (Wildman–Crippen LogP) is 2.55. The highest BCUT2D eigenvalue weighted by atomic mass is 16.5. The van der Waals surface area contributed by atoms with Crippen LogP contribution in [0.15, 0.2) is 18.2 Å². The normalized spacial score (nSPS) is 14.5. The second-order valence-corrected chi connectivity index (χ2v) is 4.95. The summed E-state index contributed by atoms with van der Waals surface area (Å²) < 4.78 is 4.96. The van der Waals surface area contributed by atoms with Crippen LogP contribution in [0.2, 0.25) is 0 Å². The Morgan fingerprint density at radius 3 is 2.60 bits per heavy atom. The highest BCUT2D eigenvalue weighted by molar-refractivity contribution is 5.98. The molecular weight excluding hydrogens is 258 g/mol. The van der Waals surface area contributed by atoms with Crippen LogP contribution in [-0.4, -0.2) is 36.7 Å². The van der Waals surface area contributed by atoms with Gasteiger partial charge in [0.1, 0.15) is 0 Å². The van der Waals surface area contributed by atoms with E-state index >= 15 is 0 Å². The second-order valence-electron chi connectivity index (χ2n) is 4.95. The standard InChI is InChI=1S/C15H19NO4/c1-3-20-15(19)10-7-8-12(14(17)18)13(9-10)16(2)11-5-4-6-11/h7-9,11H,3-6H2,1-2H3,(H,17,18). The average Bonchev–Trinajstić information content (AvgIpc) is 2.36. The number of hydrogen-bond acceptors (Lipinski definition) is 4. The lowest BCUT2D eigenvalue weighted by atomic mass is 9.91. The molecule has 0 amide bonds. The Kier molecular flexibility index (Phi) is 4.27. The van der Waals surface area contributed by atoms with Gasteiger partial charge in [-0.3, -0.25) is 0 Å². The molecule has 0 heterocycles. The molecule has 0 unspecified atom stereocenters. The molecule has 1 aromatic rings. The number of benzene rings is 1. The minimum atomic E-state index is -0.985. The van der Waals surface area contributed by atoms with E-state index in [1.54, 1.807) is 13.0 Å². The fourth-order valence-corrected chi connectivity index (χ4v) is 2.32. The molecule has 0 spiro atoms. The van der Waals surface area contributed by atoms with Crippen LogP contribution in [-0.2, 0) is 4.74 Å². The molecule has 1 aliphatic carbocycles. The minimum Gasteiger partial charge on any atom is -0.478 e. The van der Waals surface area contributed by atoms with Crippen molar-refractivity contribution in [2.75, 3.05) is 18.6 Å². The molecule has 0 atom stereocenters. The lowest BCUT2D eigenvalue weighted by Gasteiger charge is -2.37. The van der Waals surface area contributed by atoms with Gasteiger partial charge >= 0.3 is 11.9 Å². The van der Waals surface area contributed by atoms with E-state index < -0.39 is 11.9 Å². The molecule has 5 nitrogen and oxygen atoms in total. The summed E-state index contributed by atoms with van der Waals surface area (Å²) in [5.74, 6) is -1.41. The third kappa shape index (κ3) is 2.76. The Balaban J connectivity index is 2.36. The van der Waals surface area contributed by atoms with Gasteiger partial charge in [0.05, 0.1) is 23.4 Å². The molecule has 1 N–H and O–H groups in total. The van der Waals surface area contributed by atoms with Crippen molar-refractivity contribution in [1.82, 2.24) is 0 Å². The van der Waals surface area contributed by atoms with Gasteiger partial charge < -0.3 is 14.7 Å². The molecule has 1 aliphatic rings. The van der Waals surface area contributed by atoms with Crippen molar-refractivity contribution < 1.29 is 19.4 Å². The van der Waals surface area contributed by atoms with E-state index in [0.29, 0.717) is 23.9 Å². The fourth-order valence-electron chi connectivity index (χ4n) is 2.32. The molecule has 1 aromatic carbocycles. The Labute approximate surface area is 118 Å². The first kappa shape index (κ1) is 14.4. The molecule has 0 aromatic heterocycles. The number of carboxylic acid groups (broad SMARTS) is 1. The highest BCUT2D eigenvalue weighted by Crippen LogP contribution is 2.31. The monoisotopic (exact) mass is 277 g/mol. The van der Waals surface area contributed by atoms with Crippen molar-refractivity contribution in [3.05, 3.63) is 29.3 Å². The lowest BCUT2D eigenvalue weighted by molar-refractivity contribution is 0.0525. The Morgan fingerprint density at radius 2 is 2.10 bits per heavy atom. The van der Waals surface area contributed by atoms with E-state index in [1.807, 2.05) is 11.9 Å². The van der Waals surface area contributed by atoms with Crippen molar-refractivity contribution in [1.29, 1.82) is 0 Å². The first-order valence-electron chi connectivity index (χ1n) is 6.82. The first-order valence-corrected chi connectivity index (χ1v) is 6.82. The summed E-state index contributed by atoms with van der Waals surface area (Å²) in [5.41, 5.74) is 1.18. The maximum atomic E-state index is 11.8. The van der Waals surface area contributed by atoms with Crippen LogP contribution >= 0.6 is 0 Å². The van der Waals surface area contributed by atoms with Crippen LogP contribution in [0.4, 0.5) is 5.69 Å². The van der Waals surface area contributed by atoms with Crippen LogP contribution in [0.5, 0.6) is 0 Å². The number of hydrogen-bond donors (Lipinski definition) is 1. The Morgan fingerprint density at radius 1 is 1.40 bits per heavy atom. The van der Waals surface area contributed by atoms with Gasteiger partial charge in [0.25, 0.3) is 0 Å². The highest BCUT2D eigenvalue weighted by Gasteiger charge is 2.26. The Bertz CT molecular complexity index is 523. The van der Waals surface area contributed by atoms with E-state index in [9.17, 15) is 14.7 Å². The van der Waals surface area contributed by atoms with Crippen LogP contribution in [0.25, 0.3) is 0 Å². The third-order valence-corrected chi connectivity index (χ3v) is 3.74. The van der Waals surface area contributed by atoms with Crippen molar-refractivity contribution in [3.63, 3.8) is 0 Å². The number of anilines is 1. The van der Waals surface area contributed by atoms with Crippen LogP contribution in [0.1, 0.15) is 46.9 Å².